The molecule has 0 bridgehead atoms. The maximum Gasteiger partial charge on any atom is 0.243 e. The van der Waals surface area contributed by atoms with Gasteiger partial charge in [-0.1, -0.05) is 25.5 Å². The molecule has 0 saturated heterocycles. The predicted molar refractivity (Wildman–Crippen MR) is 92.9 cm³/mol. The van der Waals surface area contributed by atoms with Gasteiger partial charge in [-0.25, -0.2) is 4.39 Å². The minimum absolute atomic E-state index is 0.0169. The third-order valence-corrected chi connectivity index (χ3v) is 4.57. The van der Waals surface area contributed by atoms with Crippen molar-refractivity contribution >= 4 is 17.5 Å². The first-order chi connectivity index (χ1) is 11.1. The van der Waals surface area contributed by atoms with Crippen molar-refractivity contribution in [3.63, 3.8) is 0 Å². The van der Waals surface area contributed by atoms with Crippen LogP contribution in [0.5, 0.6) is 0 Å². The molecule has 0 radical (unpaired) electrons. The molecule has 24 heavy (non-hydrogen) atoms. The van der Waals surface area contributed by atoms with Crippen LogP contribution >= 0.6 is 0 Å². The molecule has 2 rings (SSSR count). The Labute approximate surface area is 142 Å². The first-order valence-corrected chi connectivity index (χ1v) is 8.08. The Morgan fingerprint density at radius 3 is 2.38 bits per heavy atom. The number of benzene rings is 1. The molecule has 4 nitrogen and oxygen atoms in total. The zero-order valence-corrected chi connectivity index (χ0v) is 14.9. The normalized spacial score (nSPS) is 20.9. The summed E-state index contributed by atoms with van der Waals surface area (Å²) in [7, 11) is 1.64. The Morgan fingerprint density at radius 1 is 1.25 bits per heavy atom. The largest absolute Gasteiger partial charge is 0.336 e. The van der Waals surface area contributed by atoms with Gasteiger partial charge in [-0.2, -0.15) is 0 Å². The molecule has 2 atom stereocenters. The minimum atomic E-state index is -0.360. The molecular weight excluding hydrogens is 307 g/mol. The number of anilines is 1. The van der Waals surface area contributed by atoms with Crippen LogP contribution in [0, 0.1) is 23.1 Å². The molecule has 2 unspecified atom stereocenters. The topological polar surface area (TPSA) is 49.4 Å². The van der Waals surface area contributed by atoms with E-state index in [-0.39, 0.29) is 41.4 Å². The standard InChI is InChI=1S/C19H25FN2O2/c1-12(2)10-15-17(19(15,3)4)18(24)22(5)11-16(23)21-14-8-6-13(20)7-9-14/h6-10,15,17H,11H2,1-5H3,(H,21,23). The average Bonchev–Trinajstić information content (AvgIpc) is 3.00. The highest BCUT2D eigenvalue weighted by atomic mass is 19.1. The van der Waals surface area contributed by atoms with E-state index in [4.69, 9.17) is 0 Å². The Bertz CT molecular complexity index is 660. The number of nitrogens with zero attached hydrogens (tertiary/aromatic N) is 1. The second kappa shape index (κ2) is 6.75. The van der Waals surface area contributed by atoms with E-state index in [0.29, 0.717) is 5.69 Å². The molecule has 5 heteroatoms. The van der Waals surface area contributed by atoms with E-state index in [1.165, 1.54) is 34.7 Å². The summed E-state index contributed by atoms with van der Waals surface area (Å²) in [6.45, 7) is 8.17. The maximum absolute atomic E-state index is 12.9. The number of carbonyl (C=O) groups is 2. The summed E-state index contributed by atoms with van der Waals surface area (Å²) in [5.74, 6) is -0.540. The molecule has 0 aliphatic heterocycles. The first kappa shape index (κ1) is 18.2. The van der Waals surface area contributed by atoms with E-state index in [2.05, 4.69) is 25.2 Å². The number of carbonyl (C=O) groups excluding carboxylic acids is 2. The van der Waals surface area contributed by atoms with Gasteiger partial charge in [0.15, 0.2) is 0 Å². The van der Waals surface area contributed by atoms with Crippen LogP contribution in [0.1, 0.15) is 27.7 Å². The lowest BCUT2D eigenvalue weighted by Crippen LogP contribution is -2.36. The summed E-state index contributed by atoms with van der Waals surface area (Å²) in [6.07, 6.45) is 2.13. The molecule has 2 amide bonds. The lowest BCUT2D eigenvalue weighted by atomic mass is 10.1. The quantitative estimate of drug-likeness (QED) is 0.840. The van der Waals surface area contributed by atoms with Crippen LogP contribution in [0.2, 0.25) is 0 Å². The molecule has 0 heterocycles. The Balaban J connectivity index is 1.93. The Morgan fingerprint density at radius 2 is 1.83 bits per heavy atom. The fraction of sp³-hybridized carbons (Fsp3) is 0.474. The highest BCUT2D eigenvalue weighted by Gasteiger charge is 2.60. The van der Waals surface area contributed by atoms with Crippen LogP contribution < -0.4 is 5.32 Å². The molecule has 1 N–H and O–H groups in total. The monoisotopic (exact) mass is 332 g/mol. The Hall–Kier alpha value is -2.17. The number of hydrogen-bond acceptors (Lipinski definition) is 2. The molecule has 1 fully saturated rings. The third kappa shape index (κ3) is 4.02. The zero-order valence-electron chi connectivity index (χ0n) is 14.9. The van der Waals surface area contributed by atoms with E-state index in [0.717, 1.165) is 0 Å². The number of likely N-dealkylation sites (N-methyl/N-ethyl adjacent to an activating group) is 1. The summed E-state index contributed by atoms with van der Waals surface area (Å²) >= 11 is 0. The first-order valence-electron chi connectivity index (χ1n) is 8.08. The van der Waals surface area contributed by atoms with Crippen molar-refractivity contribution in [1.29, 1.82) is 0 Å². The van der Waals surface area contributed by atoms with E-state index >= 15 is 0 Å². The number of allylic oxidation sites excluding steroid dienone is 2. The van der Waals surface area contributed by atoms with Crippen molar-refractivity contribution in [1.82, 2.24) is 4.90 Å². The summed E-state index contributed by atoms with van der Waals surface area (Å²) in [6, 6.07) is 5.54. The van der Waals surface area contributed by atoms with Gasteiger partial charge in [0.1, 0.15) is 5.82 Å². The summed E-state index contributed by atoms with van der Waals surface area (Å²) in [5, 5.41) is 2.67. The highest BCUT2D eigenvalue weighted by Crippen LogP contribution is 2.59. The number of halogens is 1. The number of rotatable bonds is 5. The van der Waals surface area contributed by atoms with Gasteiger partial charge in [-0.3, -0.25) is 9.59 Å². The second-order valence-electron chi connectivity index (χ2n) is 7.32. The van der Waals surface area contributed by atoms with Crippen LogP contribution in [0.3, 0.4) is 0 Å². The van der Waals surface area contributed by atoms with E-state index in [9.17, 15) is 14.0 Å². The summed E-state index contributed by atoms with van der Waals surface area (Å²) in [5.41, 5.74) is 1.63. The third-order valence-electron chi connectivity index (χ3n) is 4.57. The molecule has 1 aromatic carbocycles. The second-order valence-corrected chi connectivity index (χ2v) is 7.32. The summed E-state index contributed by atoms with van der Waals surface area (Å²) < 4.78 is 12.9. The molecule has 1 aliphatic rings. The minimum Gasteiger partial charge on any atom is -0.336 e. The Kier molecular flexibility index (Phi) is 5.11. The van der Waals surface area contributed by atoms with Crippen LogP contribution in [0.4, 0.5) is 10.1 Å². The van der Waals surface area contributed by atoms with Gasteiger partial charge in [0, 0.05) is 12.7 Å². The van der Waals surface area contributed by atoms with E-state index < -0.39 is 0 Å². The molecular formula is C19H25FN2O2. The predicted octanol–water partition coefficient (Wildman–Crippen LogP) is 3.46. The number of nitrogens with one attached hydrogen (secondary N) is 1. The number of hydrogen-bond donors (Lipinski definition) is 1. The summed E-state index contributed by atoms with van der Waals surface area (Å²) in [4.78, 5) is 26.1. The SMILES string of the molecule is CC(C)=CC1C(C(=O)N(C)CC(=O)Nc2ccc(F)cc2)C1(C)C. The van der Waals surface area contributed by atoms with Gasteiger partial charge < -0.3 is 10.2 Å². The van der Waals surface area contributed by atoms with Crippen molar-refractivity contribution in [2.75, 3.05) is 18.9 Å². The van der Waals surface area contributed by atoms with Gasteiger partial charge in [0.2, 0.25) is 11.8 Å². The van der Waals surface area contributed by atoms with Gasteiger partial charge in [-0.15, -0.1) is 0 Å². The van der Waals surface area contributed by atoms with Gasteiger partial charge in [-0.05, 0) is 49.4 Å². The van der Waals surface area contributed by atoms with Gasteiger partial charge in [0.25, 0.3) is 0 Å². The molecule has 1 aromatic rings. The average molecular weight is 332 g/mol. The number of amides is 2. The lowest BCUT2D eigenvalue weighted by molar-refractivity contribution is -0.135. The highest BCUT2D eigenvalue weighted by molar-refractivity contribution is 5.95. The van der Waals surface area contributed by atoms with Crippen molar-refractivity contribution in [2.45, 2.75) is 27.7 Å². The lowest BCUT2D eigenvalue weighted by Gasteiger charge is -2.17. The fourth-order valence-corrected chi connectivity index (χ4v) is 3.08. The van der Waals surface area contributed by atoms with Gasteiger partial charge in [0.05, 0.1) is 12.5 Å². The maximum atomic E-state index is 12.9. The molecule has 1 saturated carbocycles. The smallest absolute Gasteiger partial charge is 0.243 e. The molecule has 1 aliphatic carbocycles. The van der Waals surface area contributed by atoms with Crippen LogP contribution in [0.25, 0.3) is 0 Å². The van der Waals surface area contributed by atoms with E-state index in [1.807, 2.05) is 13.8 Å². The molecule has 130 valence electrons. The van der Waals surface area contributed by atoms with Crippen molar-refractivity contribution < 1.29 is 14.0 Å². The van der Waals surface area contributed by atoms with Gasteiger partial charge >= 0.3 is 0 Å². The van der Waals surface area contributed by atoms with Crippen LogP contribution in [0.15, 0.2) is 35.9 Å². The van der Waals surface area contributed by atoms with Crippen LogP contribution in [-0.4, -0.2) is 30.3 Å². The molecule has 0 spiro atoms. The molecule has 0 aromatic heterocycles. The van der Waals surface area contributed by atoms with Crippen molar-refractivity contribution in [3.05, 3.63) is 41.7 Å². The van der Waals surface area contributed by atoms with Crippen molar-refractivity contribution in [2.24, 2.45) is 17.3 Å². The zero-order chi connectivity index (χ0) is 18.1. The fourth-order valence-electron chi connectivity index (χ4n) is 3.08. The van der Waals surface area contributed by atoms with E-state index in [1.54, 1.807) is 7.05 Å². The van der Waals surface area contributed by atoms with Crippen LogP contribution in [-0.2, 0) is 9.59 Å². The van der Waals surface area contributed by atoms with Crippen molar-refractivity contribution in [3.8, 4) is 0 Å².